The molecule has 0 saturated heterocycles. The largest absolute Gasteiger partial charge is 0.493 e. The van der Waals surface area contributed by atoms with Gasteiger partial charge in [-0.25, -0.2) is 0 Å². The highest BCUT2D eigenvalue weighted by molar-refractivity contribution is 7.09. The number of rotatable bonds is 11. The van der Waals surface area contributed by atoms with Crippen LogP contribution < -0.4 is 9.47 Å². The van der Waals surface area contributed by atoms with E-state index in [-0.39, 0.29) is 0 Å². The molecule has 156 valence electrons. The molecule has 0 unspecified atom stereocenters. The van der Waals surface area contributed by atoms with Crippen LogP contribution in [0.1, 0.15) is 42.9 Å². The van der Waals surface area contributed by atoms with Gasteiger partial charge in [0.25, 0.3) is 0 Å². The minimum atomic E-state index is 0.499. The minimum absolute atomic E-state index is 0.499. The average Bonchev–Trinajstić information content (AvgIpc) is 3.38. The minimum Gasteiger partial charge on any atom is -0.493 e. The molecule has 0 amide bonds. The second-order valence-corrected chi connectivity index (χ2v) is 8.39. The zero-order valence-corrected chi connectivity index (χ0v) is 18.4. The number of hydrogen-bond donors (Lipinski definition) is 0. The first-order valence-electron chi connectivity index (χ1n) is 9.93. The third kappa shape index (κ3) is 6.30. The quantitative estimate of drug-likeness (QED) is 0.442. The summed E-state index contributed by atoms with van der Waals surface area (Å²) in [5, 5.41) is 6.17. The Balaban J connectivity index is 1.61. The summed E-state index contributed by atoms with van der Waals surface area (Å²) in [4.78, 5) is 7.97. The number of benzene rings is 1. The highest BCUT2D eigenvalue weighted by Crippen LogP contribution is 2.30. The van der Waals surface area contributed by atoms with E-state index < -0.39 is 0 Å². The Labute approximate surface area is 176 Å². The van der Waals surface area contributed by atoms with Gasteiger partial charge in [0, 0.05) is 17.8 Å². The molecular weight excluding hydrogens is 386 g/mol. The zero-order chi connectivity index (χ0) is 20.6. The SMILES string of the molecule is CCN(Cc1ccc(OCc2cccs2)c(OC)c1)Cc1noc(CC(C)C)n1. The van der Waals surface area contributed by atoms with Gasteiger partial charge in [-0.2, -0.15) is 4.98 Å². The molecule has 0 N–H and O–H groups in total. The number of hydrogen-bond acceptors (Lipinski definition) is 7. The van der Waals surface area contributed by atoms with Gasteiger partial charge in [-0.05, 0) is 41.6 Å². The van der Waals surface area contributed by atoms with Crippen molar-refractivity contribution >= 4 is 11.3 Å². The molecule has 2 heterocycles. The van der Waals surface area contributed by atoms with Crippen LogP contribution >= 0.6 is 11.3 Å². The van der Waals surface area contributed by atoms with E-state index in [0.29, 0.717) is 25.0 Å². The predicted octanol–water partition coefficient (Wildman–Crippen LogP) is 4.94. The van der Waals surface area contributed by atoms with Crippen molar-refractivity contribution < 1.29 is 14.0 Å². The van der Waals surface area contributed by atoms with Crippen molar-refractivity contribution in [2.24, 2.45) is 5.92 Å². The fourth-order valence-corrected chi connectivity index (χ4v) is 3.61. The number of aromatic nitrogens is 2. The van der Waals surface area contributed by atoms with Crippen LogP contribution in [0.4, 0.5) is 0 Å². The van der Waals surface area contributed by atoms with E-state index in [1.807, 2.05) is 23.6 Å². The lowest BCUT2D eigenvalue weighted by atomic mass is 10.1. The lowest BCUT2D eigenvalue weighted by Crippen LogP contribution is -2.23. The second kappa shape index (κ2) is 10.4. The molecule has 0 bridgehead atoms. The number of nitrogens with zero attached hydrogens (tertiary/aromatic N) is 3. The highest BCUT2D eigenvalue weighted by atomic mass is 32.1. The highest BCUT2D eigenvalue weighted by Gasteiger charge is 2.14. The van der Waals surface area contributed by atoms with E-state index in [4.69, 9.17) is 14.0 Å². The van der Waals surface area contributed by atoms with Crippen molar-refractivity contribution in [3.63, 3.8) is 0 Å². The van der Waals surface area contributed by atoms with Crippen LogP contribution in [0.3, 0.4) is 0 Å². The Hall–Kier alpha value is -2.38. The van der Waals surface area contributed by atoms with Gasteiger partial charge in [-0.15, -0.1) is 11.3 Å². The first-order valence-corrected chi connectivity index (χ1v) is 10.8. The van der Waals surface area contributed by atoms with Crippen molar-refractivity contribution in [2.75, 3.05) is 13.7 Å². The molecule has 0 atom stereocenters. The van der Waals surface area contributed by atoms with Gasteiger partial charge in [-0.3, -0.25) is 4.90 Å². The topological polar surface area (TPSA) is 60.6 Å². The number of thiophene rings is 1. The molecule has 0 aliphatic heterocycles. The first-order chi connectivity index (χ1) is 14.1. The van der Waals surface area contributed by atoms with E-state index in [2.05, 4.69) is 47.9 Å². The maximum Gasteiger partial charge on any atom is 0.226 e. The Bertz CT molecular complexity index is 877. The molecule has 3 aromatic rings. The van der Waals surface area contributed by atoms with Crippen molar-refractivity contribution in [1.82, 2.24) is 15.0 Å². The van der Waals surface area contributed by atoms with E-state index in [1.165, 1.54) is 4.88 Å². The molecule has 0 aliphatic rings. The van der Waals surface area contributed by atoms with E-state index in [9.17, 15) is 0 Å². The summed E-state index contributed by atoms with van der Waals surface area (Å²) in [5.74, 6) is 3.43. The maximum atomic E-state index is 5.93. The Morgan fingerprint density at radius 1 is 1.17 bits per heavy atom. The standard InChI is InChI=1S/C22H29N3O3S/c1-5-25(14-21-23-22(28-24-21)11-16(2)3)13-17-8-9-19(20(12-17)26-4)27-15-18-7-6-10-29-18/h6-10,12,16H,5,11,13-15H2,1-4H3. The summed E-state index contributed by atoms with van der Waals surface area (Å²) < 4.78 is 16.8. The normalized spacial score (nSPS) is 11.4. The van der Waals surface area contributed by atoms with Crippen molar-refractivity contribution in [3.05, 3.63) is 57.9 Å². The molecule has 3 rings (SSSR count). The maximum absolute atomic E-state index is 5.93. The number of ether oxygens (including phenoxy) is 2. The van der Waals surface area contributed by atoms with Gasteiger partial charge in [-0.1, -0.05) is 38.1 Å². The van der Waals surface area contributed by atoms with E-state index >= 15 is 0 Å². The molecular formula is C22H29N3O3S. The van der Waals surface area contributed by atoms with Gasteiger partial charge < -0.3 is 14.0 Å². The number of methoxy groups -OCH3 is 1. The first kappa shape index (κ1) is 21.3. The van der Waals surface area contributed by atoms with Crippen molar-refractivity contribution in [2.45, 2.75) is 46.9 Å². The Morgan fingerprint density at radius 3 is 2.72 bits per heavy atom. The van der Waals surface area contributed by atoms with Gasteiger partial charge in [0.05, 0.1) is 13.7 Å². The molecule has 0 spiro atoms. The summed E-state index contributed by atoms with van der Waals surface area (Å²) in [6, 6.07) is 10.2. The third-order valence-electron chi connectivity index (χ3n) is 4.49. The fourth-order valence-electron chi connectivity index (χ4n) is 3.00. The van der Waals surface area contributed by atoms with E-state index in [0.717, 1.165) is 42.4 Å². The fraction of sp³-hybridized carbons (Fsp3) is 0.455. The van der Waals surface area contributed by atoms with Crippen LogP contribution in [0.5, 0.6) is 11.5 Å². The second-order valence-electron chi connectivity index (χ2n) is 7.36. The summed E-state index contributed by atoms with van der Waals surface area (Å²) in [5.41, 5.74) is 1.15. The predicted molar refractivity (Wildman–Crippen MR) is 114 cm³/mol. The van der Waals surface area contributed by atoms with Crippen LogP contribution in [-0.4, -0.2) is 28.7 Å². The molecule has 7 heteroatoms. The molecule has 0 radical (unpaired) electrons. The van der Waals surface area contributed by atoms with Gasteiger partial charge in [0.1, 0.15) is 6.61 Å². The van der Waals surface area contributed by atoms with Crippen LogP contribution in [0.25, 0.3) is 0 Å². The van der Waals surface area contributed by atoms with Crippen molar-refractivity contribution in [3.8, 4) is 11.5 Å². The Kier molecular flexibility index (Phi) is 7.66. The van der Waals surface area contributed by atoms with Crippen LogP contribution in [0.2, 0.25) is 0 Å². The summed E-state index contributed by atoms with van der Waals surface area (Å²) in [6.07, 6.45) is 0.809. The monoisotopic (exact) mass is 415 g/mol. The van der Waals surface area contributed by atoms with Crippen molar-refractivity contribution in [1.29, 1.82) is 0 Å². The zero-order valence-electron chi connectivity index (χ0n) is 17.6. The average molecular weight is 416 g/mol. The third-order valence-corrected chi connectivity index (χ3v) is 5.34. The summed E-state index contributed by atoms with van der Waals surface area (Å²) in [6.45, 7) is 9.26. The van der Waals surface area contributed by atoms with E-state index in [1.54, 1.807) is 18.4 Å². The summed E-state index contributed by atoms with van der Waals surface area (Å²) in [7, 11) is 1.67. The molecule has 0 fully saturated rings. The lowest BCUT2D eigenvalue weighted by Gasteiger charge is -2.19. The molecule has 29 heavy (non-hydrogen) atoms. The Morgan fingerprint density at radius 2 is 2.03 bits per heavy atom. The van der Waals surface area contributed by atoms with Crippen LogP contribution in [0.15, 0.2) is 40.2 Å². The molecule has 0 saturated carbocycles. The van der Waals surface area contributed by atoms with Gasteiger partial charge >= 0.3 is 0 Å². The summed E-state index contributed by atoms with van der Waals surface area (Å²) >= 11 is 1.68. The van der Waals surface area contributed by atoms with Crippen LogP contribution in [0, 0.1) is 5.92 Å². The lowest BCUT2D eigenvalue weighted by molar-refractivity contribution is 0.257. The van der Waals surface area contributed by atoms with Crippen LogP contribution in [-0.2, 0) is 26.1 Å². The molecule has 1 aromatic carbocycles. The van der Waals surface area contributed by atoms with Gasteiger partial charge in [0.15, 0.2) is 17.3 Å². The smallest absolute Gasteiger partial charge is 0.226 e. The molecule has 2 aromatic heterocycles. The molecule has 6 nitrogen and oxygen atoms in total. The van der Waals surface area contributed by atoms with Gasteiger partial charge in [0.2, 0.25) is 5.89 Å². The molecule has 0 aliphatic carbocycles.